The molecule has 1 fully saturated rings. The molecule has 1 N–H and O–H groups in total. The summed E-state index contributed by atoms with van der Waals surface area (Å²) in [5.74, 6) is 0.299. The molecule has 1 atom stereocenters. The number of benzene rings is 1. The second-order valence-corrected chi connectivity index (χ2v) is 7.50. The molecule has 27 heavy (non-hydrogen) atoms. The first-order valence-electron chi connectivity index (χ1n) is 9.91. The lowest BCUT2D eigenvalue weighted by Gasteiger charge is -2.37. The fraction of sp³-hybridized carbons (Fsp3) is 0.545. The SMILES string of the molecule is C=C(C)CN(CC)C(=O)C(C)N1CCC(C(=O)NCc2ccccc2)CC1. The van der Waals surface area contributed by atoms with Gasteiger partial charge in [-0.1, -0.05) is 42.5 Å². The van der Waals surface area contributed by atoms with Crippen LogP contribution in [0.25, 0.3) is 0 Å². The van der Waals surface area contributed by atoms with E-state index in [1.54, 1.807) is 0 Å². The van der Waals surface area contributed by atoms with E-state index < -0.39 is 0 Å². The van der Waals surface area contributed by atoms with Gasteiger partial charge in [0.1, 0.15) is 0 Å². The van der Waals surface area contributed by atoms with Crippen LogP contribution in [0.3, 0.4) is 0 Å². The van der Waals surface area contributed by atoms with Crippen LogP contribution < -0.4 is 5.32 Å². The van der Waals surface area contributed by atoms with Crippen molar-refractivity contribution in [2.75, 3.05) is 26.2 Å². The lowest BCUT2D eigenvalue weighted by Crippen LogP contribution is -2.51. The topological polar surface area (TPSA) is 52.7 Å². The van der Waals surface area contributed by atoms with Gasteiger partial charge in [-0.15, -0.1) is 0 Å². The van der Waals surface area contributed by atoms with E-state index in [0.717, 1.165) is 37.1 Å². The van der Waals surface area contributed by atoms with Crippen LogP contribution >= 0.6 is 0 Å². The van der Waals surface area contributed by atoms with E-state index in [0.29, 0.717) is 19.6 Å². The fourth-order valence-electron chi connectivity index (χ4n) is 3.57. The highest BCUT2D eigenvalue weighted by atomic mass is 16.2. The molecule has 1 heterocycles. The lowest BCUT2D eigenvalue weighted by atomic mass is 9.94. The first-order valence-corrected chi connectivity index (χ1v) is 9.91. The number of carbonyl (C=O) groups is 2. The number of piperidine rings is 1. The molecular weight excluding hydrogens is 338 g/mol. The molecule has 0 bridgehead atoms. The Morgan fingerprint density at radius 2 is 1.89 bits per heavy atom. The minimum atomic E-state index is -0.155. The van der Waals surface area contributed by atoms with Crippen LogP contribution in [0.5, 0.6) is 0 Å². The van der Waals surface area contributed by atoms with Crippen LogP contribution in [-0.4, -0.2) is 53.8 Å². The average Bonchev–Trinajstić information content (AvgIpc) is 2.69. The summed E-state index contributed by atoms with van der Waals surface area (Å²) in [6.45, 7) is 13.3. The van der Waals surface area contributed by atoms with E-state index in [9.17, 15) is 9.59 Å². The van der Waals surface area contributed by atoms with Gasteiger partial charge in [0.25, 0.3) is 0 Å². The van der Waals surface area contributed by atoms with E-state index in [-0.39, 0.29) is 23.8 Å². The second kappa shape index (κ2) is 10.3. The smallest absolute Gasteiger partial charge is 0.239 e. The van der Waals surface area contributed by atoms with E-state index in [4.69, 9.17) is 0 Å². The van der Waals surface area contributed by atoms with Crippen molar-refractivity contribution in [1.29, 1.82) is 0 Å². The summed E-state index contributed by atoms with van der Waals surface area (Å²) >= 11 is 0. The summed E-state index contributed by atoms with van der Waals surface area (Å²) < 4.78 is 0. The molecule has 2 amide bonds. The quantitative estimate of drug-likeness (QED) is 0.715. The molecule has 1 aliphatic heterocycles. The van der Waals surface area contributed by atoms with Gasteiger partial charge >= 0.3 is 0 Å². The Kier molecular flexibility index (Phi) is 8.04. The molecule has 1 unspecified atom stereocenters. The van der Waals surface area contributed by atoms with Crippen molar-refractivity contribution in [3.8, 4) is 0 Å². The predicted octanol–water partition coefficient (Wildman–Crippen LogP) is 2.83. The normalized spacial score (nSPS) is 16.6. The molecule has 1 aromatic carbocycles. The highest BCUT2D eigenvalue weighted by Gasteiger charge is 2.31. The maximum atomic E-state index is 12.7. The van der Waals surface area contributed by atoms with Crippen LogP contribution in [-0.2, 0) is 16.1 Å². The minimum Gasteiger partial charge on any atom is -0.352 e. The van der Waals surface area contributed by atoms with Crippen molar-refractivity contribution in [3.05, 3.63) is 48.0 Å². The number of likely N-dealkylation sites (N-methyl/N-ethyl adjacent to an activating group) is 1. The molecule has 1 saturated heterocycles. The Labute approximate surface area is 163 Å². The van der Waals surface area contributed by atoms with Crippen molar-refractivity contribution < 1.29 is 9.59 Å². The summed E-state index contributed by atoms with van der Waals surface area (Å²) in [6, 6.07) is 9.80. The molecule has 5 nitrogen and oxygen atoms in total. The highest BCUT2D eigenvalue weighted by molar-refractivity contribution is 5.82. The van der Waals surface area contributed by atoms with Gasteiger partial charge in [-0.3, -0.25) is 14.5 Å². The molecule has 0 radical (unpaired) electrons. The van der Waals surface area contributed by atoms with Crippen LogP contribution in [0.2, 0.25) is 0 Å². The molecule has 1 aliphatic rings. The predicted molar refractivity (Wildman–Crippen MR) is 109 cm³/mol. The fourth-order valence-corrected chi connectivity index (χ4v) is 3.57. The molecule has 0 aliphatic carbocycles. The van der Waals surface area contributed by atoms with Gasteiger partial charge < -0.3 is 10.2 Å². The van der Waals surface area contributed by atoms with Crippen LogP contribution in [0.15, 0.2) is 42.5 Å². The van der Waals surface area contributed by atoms with E-state index in [2.05, 4.69) is 16.8 Å². The van der Waals surface area contributed by atoms with E-state index >= 15 is 0 Å². The Morgan fingerprint density at radius 3 is 2.44 bits per heavy atom. The van der Waals surface area contributed by atoms with Crippen LogP contribution in [0.4, 0.5) is 0 Å². The van der Waals surface area contributed by atoms with E-state index in [1.165, 1.54) is 0 Å². The standard InChI is InChI=1S/C22H33N3O2/c1-5-24(16-17(2)3)22(27)18(4)25-13-11-20(12-14-25)21(26)23-15-19-9-7-6-8-10-19/h6-10,18,20H,2,5,11-16H2,1,3-4H3,(H,23,26). The zero-order valence-electron chi connectivity index (χ0n) is 16.9. The van der Waals surface area contributed by atoms with Crippen molar-refractivity contribution in [3.63, 3.8) is 0 Å². The molecule has 148 valence electrons. The summed E-state index contributed by atoms with van der Waals surface area (Å²) in [5.41, 5.74) is 2.10. The zero-order valence-corrected chi connectivity index (χ0v) is 16.9. The third kappa shape index (κ3) is 6.21. The molecular formula is C22H33N3O2. The molecule has 5 heteroatoms. The highest BCUT2D eigenvalue weighted by Crippen LogP contribution is 2.20. The largest absolute Gasteiger partial charge is 0.352 e. The molecule has 1 aromatic rings. The second-order valence-electron chi connectivity index (χ2n) is 7.50. The number of rotatable bonds is 8. The monoisotopic (exact) mass is 371 g/mol. The van der Waals surface area contributed by atoms with Gasteiger partial charge in [0, 0.05) is 25.6 Å². The van der Waals surface area contributed by atoms with Gasteiger partial charge in [0.05, 0.1) is 6.04 Å². The van der Waals surface area contributed by atoms with Gasteiger partial charge in [-0.25, -0.2) is 0 Å². The van der Waals surface area contributed by atoms with Crippen LogP contribution in [0, 0.1) is 5.92 Å². The number of carbonyl (C=O) groups excluding carboxylic acids is 2. The first-order chi connectivity index (χ1) is 12.9. The Balaban J connectivity index is 1.80. The third-order valence-corrected chi connectivity index (χ3v) is 5.27. The Morgan fingerprint density at radius 1 is 1.26 bits per heavy atom. The summed E-state index contributed by atoms with van der Waals surface area (Å²) in [5, 5.41) is 3.04. The number of amides is 2. The average molecular weight is 372 g/mol. The van der Waals surface area contributed by atoms with Gasteiger partial charge in [-0.2, -0.15) is 0 Å². The van der Waals surface area contributed by atoms with Crippen molar-refractivity contribution in [2.24, 2.45) is 5.92 Å². The lowest BCUT2D eigenvalue weighted by molar-refractivity contribution is -0.136. The molecule has 2 rings (SSSR count). The van der Waals surface area contributed by atoms with Gasteiger partial charge in [0.15, 0.2) is 0 Å². The summed E-state index contributed by atoms with van der Waals surface area (Å²) in [6.07, 6.45) is 1.59. The third-order valence-electron chi connectivity index (χ3n) is 5.27. The number of likely N-dealkylation sites (tertiary alicyclic amines) is 1. The van der Waals surface area contributed by atoms with Gasteiger partial charge in [-0.05, 0) is 52.3 Å². The Bertz CT molecular complexity index is 636. The summed E-state index contributed by atoms with van der Waals surface area (Å²) in [7, 11) is 0. The number of hydrogen-bond acceptors (Lipinski definition) is 3. The number of nitrogens with zero attached hydrogens (tertiary/aromatic N) is 2. The number of hydrogen-bond donors (Lipinski definition) is 1. The van der Waals surface area contributed by atoms with E-state index in [1.807, 2.05) is 56.0 Å². The van der Waals surface area contributed by atoms with Gasteiger partial charge in [0.2, 0.25) is 11.8 Å². The maximum absolute atomic E-state index is 12.7. The van der Waals surface area contributed by atoms with Crippen molar-refractivity contribution in [2.45, 2.75) is 46.2 Å². The molecule has 0 saturated carbocycles. The van der Waals surface area contributed by atoms with Crippen molar-refractivity contribution >= 4 is 11.8 Å². The minimum absolute atomic E-state index is 0.0324. The first kappa shape index (κ1) is 21.2. The number of nitrogens with one attached hydrogen (secondary N) is 1. The maximum Gasteiger partial charge on any atom is 0.239 e. The molecule has 0 aromatic heterocycles. The zero-order chi connectivity index (χ0) is 19.8. The molecule has 0 spiro atoms. The Hall–Kier alpha value is -2.14. The van der Waals surface area contributed by atoms with Crippen LogP contribution in [0.1, 0.15) is 39.2 Å². The summed E-state index contributed by atoms with van der Waals surface area (Å²) in [4.78, 5) is 29.2. The van der Waals surface area contributed by atoms with Crippen molar-refractivity contribution in [1.82, 2.24) is 15.1 Å².